The molecule has 0 radical (unpaired) electrons. The molecule has 0 saturated carbocycles. The SMILES string of the molecule is COc1cc(/C=N\N2[C@H](C)CCC[C@H]2C)c([N+](=O)[O-])cc1OC. The number of hydrogen-bond donors (Lipinski definition) is 0. The Labute approximate surface area is 136 Å². The number of hydrazone groups is 1. The van der Waals surface area contributed by atoms with Gasteiger partial charge in [-0.1, -0.05) is 0 Å². The van der Waals surface area contributed by atoms with Crippen LogP contribution in [0.3, 0.4) is 0 Å². The van der Waals surface area contributed by atoms with E-state index in [-0.39, 0.29) is 5.69 Å². The molecule has 0 unspecified atom stereocenters. The lowest BCUT2D eigenvalue weighted by Gasteiger charge is -2.36. The van der Waals surface area contributed by atoms with Crippen molar-refractivity contribution in [3.63, 3.8) is 0 Å². The normalized spacial score (nSPS) is 21.5. The van der Waals surface area contributed by atoms with Crippen LogP contribution < -0.4 is 9.47 Å². The fraction of sp³-hybridized carbons (Fsp3) is 0.562. The van der Waals surface area contributed by atoms with E-state index < -0.39 is 4.92 Å². The molecule has 2 rings (SSSR count). The lowest BCUT2D eigenvalue weighted by Crippen LogP contribution is -2.39. The molecule has 0 bridgehead atoms. The highest BCUT2D eigenvalue weighted by molar-refractivity contribution is 5.86. The van der Waals surface area contributed by atoms with E-state index in [9.17, 15) is 10.1 Å². The molecule has 23 heavy (non-hydrogen) atoms. The number of ether oxygens (including phenoxy) is 2. The van der Waals surface area contributed by atoms with Crippen molar-refractivity contribution in [2.24, 2.45) is 5.10 Å². The van der Waals surface area contributed by atoms with Crippen molar-refractivity contribution in [3.05, 3.63) is 27.8 Å². The lowest BCUT2D eigenvalue weighted by atomic mass is 10.00. The topological polar surface area (TPSA) is 77.2 Å². The molecule has 1 aliphatic heterocycles. The number of piperidine rings is 1. The Morgan fingerprint density at radius 1 is 1.22 bits per heavy atom. The monoisotopic (exact) mass is 321 g/mol. The highest BCUT2D eigenvalue weighted by atomic mass is 16.6. The van der Waals surface area contributed by atoms with Crippen molar-refractivity contribution < 1.29 is 14.4 Å². The highest BCUT2D eigenvalue weighted by Crippen LogP contribution is 2.34. The summed E-state index contributed by atoms with van der Waals surface area (Å²) in [6, 6.07) is 3.60. The minimum atomic E-state index is -0.438. The van der Waals surface area contributed by atoms with Crippen LogP contribution in [0.1, 0.15) is 38.7 Å². The number of methoxy groups -OCH3 is 2. The fourth-order valence-corrected chi connectivity index (χ4v) is 2.91. The van der Waals surface area contributed by atoms with Gasteiger partial charge in [-0.3, -0.25) is 15.1 Å². The molecule has 0 N–H and O–H groups in total. The van der Waals surface area contributed by atoms with E-state index in [0.29, 0.717) is 29.1 Å². The number of nitro groups is 1. The van der Waals surface area contributed by atoms with Crippen molar-refractivity contribution in [3.8, 4) is 11.5 Å². The third-order valence-electron chi connectivity index (χ3n) is 4.21. The van der Waals surface area contributed by atoms with E-state index in [0.717, 1.165) is 12.8 Å². The molecule has 1 aromatic rings. The summed E-state index contributed by atoms with van der Waals surface area (Å²) in [6.07, 6.45) is 4.88. The van der Waals surface area contributed by atoms with Crippen LogP contribution in [0.5, 0.6) is 11.5 Å². The molecule has 0 amide bonds. The van der Waals surface area contributed by atoms with Gasteiger partial charge in [-0.25, -0.2) is 0 Å². The summed E-state index contributed by atoms with van der Waals surface area (Å²) >= 11 is 0. The van der Waals surface area contributed by atoms with Crippen molar-refractivity contribution in [1.29, 1.82) is 0 Å². The molecule has 0 spiro atoms. The molecular formula is C16H23N3O4. The number of rotatable bonds is 5. The second-order valence-electron chi connectivity index (χ2n) is 5.78. The molecule has 7 nitrogen and oxygen atoms in total. The number of nitro benzene ring substituents is 1. The van der Waals surface area contributed by atoms with Crippen molar-refractivity contribution >= 4 is 11.9 Å². The van der Waals surface area contributed by atoms with Gasteiger partial charge in [0.2, 0.25) is 0 Å². The van der Waals surface area contributed by atoms with Gasteiger partial charge in [0.1, 0.15) is 0 Å². The predicted molar refractivity (Wildman–Crippen MR) is 88.4 cm³/mol. The first-order chi connectivity index (χ1) is 11.0. The van der Waals surface area contributed by atoms with Crippen molar-refractivity contribution in [2.45, 2.75) is 45.2 Å². The van der Waals surface area contributed by atoms with Gasteiger partial charge in [-0.05, 0) is 39.2 Å². The Balaban J connectivity index is 2.37. The third kappa shape index (κ3) is 3.72. The average Bonchev–Trinajstić information content (AvgIpc) is 2.53. The summed E-state index contributed by atoms with van der Waals surface area (Å²) in [5.74, 6) is 0.773. The second-order valence-corrected chi connectivity index (χ2v) is 5.78. The smallest absolute Gasteiger partial charge is 0.282 e. The number of nitrogens with zero attached hydrogens (tertiary/aromatic N) is 3. The first-order valence-corrected chi connectivity index (χ1v) is 7.70. The lowest BCUT2D eigenvalue weighted by molar-refractivity contribution is -0.385. The largest absolute Gasteiger partial charge is 0.493 e. The first kappa shape index (κ1) is 17.1. The molecule has 1 fully saturated rings. The highest BCUT2D eigenvalue weighted by Gasteiger charge is 2.24. The van der Waals surface area contributed by atoms with E-state index in [1.165, 1.54) is 26.7 Å². The van der Waals surface area contributed by atoms with Crippen LogP contribution in [0, 0.1) is 10.1 Å². The van der Waals surface area contributed by atoms with Gasteiger partial charge >= 0.3 is 0 Å². The summed E-state index contributed by atoms with van der Waals surface area (Å²) in [5, 5.41) is 17.8. The van der Waals surface area contributed by atoms with Gasteiger partial charge in [0.05, 0.1) is 37.0 Å². The second kappa shape index (κ2) is 7.30. The molecule has 1 aliphatic rings. The molecule has 126 valence electrons. The van der Waals surface area contributed by atoms with Gasteiger partial charge < -0.3 is 9.47 Å². The molecular weight excluding hydrogens is 298 g/mol. The predicted octanol–water partition coefficient (Wildman–Crippen LogP) is 3.21. The number of benzene rings is 1. The Bertz CT molecular complexity index is 593. The van der Waals surface area contributed by atoms with Gasteiger partial charge in [0.25, 0.3) is 5.69 Å². The van der Waals surface area contributed by atoms with Crippen LogP contribution in [-0.4, -0.2) is 42.5 Å². The van der Waals surface area contributed by atoms with E-state index in [1.807, 2.05) is 5.01 Å². The molecule has 0 aromatic heterocycles. The maximum absolute atomic E-state index is 11.3. The standard InChI is InChI=1S/C16H23N3O4/c1-11-6-5-7-12(2)18(11)17-10-13-8-15(22-3)16(23-4)9-14(13)19(20)21/h8-12H,5-7H2,1-4H3/b17-10-/t11-,12-/m1/s1. The van der Waals surface area contributed by atoms with Crippen LogP contribution in [0.4, 0.5) is 5.69 Å². The fourth-order valence-electron chi connectivity index (χ4n) is 2.91. The van der Waals surface area contributed by atoms with Gasteiger partial charge in [-0.2, -0.15) is 5.10 Å². The van der Waals surface area contributed by atoms with Gasteiger partial charge in [0, 0.05) is 12.1 Å². The quantitative estimate of drug-likeness (QED) is 0.473. The Morgan fingerprint density at radius 2 is 1.78 bits per heavy atom. The molecule has 1 aromatic carbocycles. The Hall–Kier alpha value is -2.31. The minimum absolute atomic E-state index is 0.0521. The zero-order chi connectivity index (χ0) is 17.0. The summed E-state index contributed by atoms with van der Waals surface area (Å²) in [4.78, 5) is 10.9. The average molecular weight is 321 g/mol. The summed E-state index contributed by atoms with van der Waals surface area (Å²) < 4.78 is 10.3. The van der Waals surface area contributed by atoms with Crippen LogP contribution >= 0.6 is 0 Å². The van der Waals surface area contributed by atoms with Crippen LogP contribution in [0.2, 0.25) is 0 Å². The Morgan fingerprint density at radius 3 is 2.30 bits per heavy atom. The molecule has 0 aliphatic carbocycles. The van der Waals surface area contributed by atoms with Crippen LogP contribution in [-0.2, 0) is 0 Å². The number of hydrogen-bond acceptors (Lipinski definition) is 6. The van der Waals surface area contributed by atoms with E-state index in [1.54, 1.807) is 12.3 Å². The summed E-state index contributed by atoms with van der Waals surface area (Å²) in [6.45, 7) is 4.24. The summed E-state index contributed by atoms with van der Waals surface area (Å²) in [7, 11) is 2.95. The molecule has 1 heterocycles. The maximum atomic E-state index is 11.3. The van der Waals surface area contributed by atoms with E-state index in [4.69, 9.17) is 9.47 Å². The van der Waals surface area contributed by atoms with Crippen molar-refractivity contribution in [1.82, 2.24) is 5.01 Å². The third-order valence-corrected chi connectivity index (χ3v) is 4.21. The van der Waals surface area contributed by atoms with E-state index in [2.05, 4.69) is 18.9 Å². The van der Waals surface area contributed by atoms with Gasteiger partial charge in [0.15, 0.2) is 11.5 Å². The first-order valence-electron chi connectivity index (χ1n) is 7.70. The van der Waals surface area contributed by atoms with E-state index >= 15 is 0 Å². The van der Waals surface area contributed by atoms with Gasteiger partial charge in [-0.15, -0.1) is 0 Å². The zero-order valence-corrected chi connectivity index (χ0v) is 14.0. The maximum Gasteiger partial charge on any atom is 0.282 e. The molecule has 2 atom stereocenters. The zero-order valence-electron chi connectivity index (χ0n) is 14.0. The Kier molecular flexibility index (Phi) is 5.41. The minimum Gasteiger partial charge on any atom is -0.493 e. The van der Waals surface area contributed by atoms with Crippen molar-refractivity contribution in [2.75, 3.05) is 14.2 Å². The van der Waals surface area contributed by atoms with Crippen LogP contribution in [0.25, 0.3) is 0 Å². The molecule has 1 saturated heterocycles. The molecule has 7 heteroatoms. The summed E-state index contributed by atoms with van der Waals surface area (Å²) in [5.41, 5.74) is 0.348. The van der Waals surface area contributed by atoms with Crippen LogP contribution in [0.15, 0.2) is 17.2 Å².